The van der Waals surface area contributed by atoms with E-state index in [1.165, 1.54) is 4.88 Å². The minimum Gasteiger partial charge on any atom is -0.318 e. The van der Waals surface area contributed by atoms with E-state index in [1.807, 2.05) is 72.3 Å². The number of rotatable bonds is 5. The van der Waals surface area contributed by atoms with E-state index < -0.39 is 0 Å². The first-order chi connectivity index (χ1) is 12.7. The molecule has 4 rings (SSSR count). The monoisotopic (exact) mass is 361 g/mol. The fourth-order valence-corrected chi connectivity index (χ4v) is 3.74. The second-order valence-corrected chi connectivity index (χ2v) is 7.18. The molecule has 0 aliphatic carbocycles. The van der Waals surface area contributed by atoms with Crippen LogP contribution in [0.5, 0.6) is 0 Å². The summed E-state index contributed by atoms with van der Waals surface area (Å²) in [6.45, 7) is 0.270. The van der Waals surface area contributed by atoms with Crippen molar-refractivity contribution in [2.75, 3.05) is 11.9 Å². The summed E-state index contributed by atoms with van der Waals surface area (Å²) in [5.74, 6) is 0.954. The number of amides is 1. The van der Waals surface area contributed by atoms with Crippen LogP contribution in [-0.4, -0.2) is 22.5 Å². The van der Waals surface area contributed by atoms with Crippen LogP contribution in [0.3, 0.4) is 0 Å². The molecule has 0 saturated heterocycles. The maximum Gasteiger partial charge on any atom is 0.246 e. The Morgan fingerprint density at radius 3 is 2.58 bits per heavy atom. The predicted molar refractivity (Wildman–Crippen MR) is 107 cm³/mol. The Balaban J connectivity index is 1.67. The van der Waals surface area contributed by atoms with Gasteiger partial charge in [0.05, 0.1) is 11.0 Å². The van der Waals surface area contributed by atoms with Crippen molar-refractivity contribution in [3.05, 3.63) is 82.8 Å². The number of thiophene rings is 1. The smallest absolute Gasteiger partial charge is 0.246 e. The lowest BCUT2D eigenvalue weighted by atomic mass is 10.3. The van der Waals surface area contributed by atoms with Gasteiger partial charge in [0.2, 0.25) is 5.91 Å². The molecular weight excluding hydrogens is 342 g/mol. The molecule has 0 spiro atoms. The van der Waals surface area contributed by atoms with Crippen molar-refractivity contribution in [3.8, 4) is 0 Å². The number of anilines is 1. The van der Waals surface area contributed by atoms with Gasteiger partial charge in [-0.1, -0.05) is 36.4 Å². The summed E-state index contributed by atoms with van der Waals surface area (Å²) in [6.07, 6.45) is 0.731. The van der Waals surface area contributed by atoms with Crippen LogP contribution in [-0.2, 0) is 17.8 Å². The second-order valence-electron chi connectivity index (χ2n) is 6.15. The van der Waals surface area contributed by atoms with E-state index in [1.54, 1.807) is 16.2 Å². The lowest BCUT2D eigenvalue weighted by molar-refractivity contribution is -0.118. The first-order valence-corrected chi connectivity index (χ1v) is 9.38. The summed E-state index contributed by atoms with van der Waals surface area (Å²) >= 11 is 1.71. The van der Waals surface area contributed by atoms with E-state index >= 15 is 0 Å². The number of hydrogen-bond acceptors (Lipinski definition) is 3. The van der Waals surface area contributed by atoms with Crippen molar-refractivity contribution in [1.29, 1.82) is 0 Å². The number of imidazole rings is 1. The van der Waals surface area contributed by atoms with Crippen molar-refractivity contribution in [2.24, 2.45) is 0 Å². The molecule has 4 nitrogen and oxygen atoms in total. The van der Waals surface area contributed by atoms with Crippen LogP contribution < -0.4 is 4.90 Å². The molecule has 0 bridgehead atoms. The van der Waals surface area contributed by atoms with E-state index in [0.29, 0.717) is 0 Å². The predicted octanol–water partition coefficient (Wildman–Crippen LogP) is 4.35. The van der Waals surface area contributed by atoms with Gasteiger partial charge in [-0.25, -0.2) is 4.98 Å². The van der Waals surface area contributed by atoms with Crippen LogP contribution in [0, 0.1) is 0 Å². The Bertz CT molecular complexity index is 1020. The SMILES string of the molecule is CN(C(=O)Cn1c(Cc2cccs2)nc2ccccc21)c1ccccc1. The summed E-state index contributed by atoms with van der Waals surface area (Å²) in [6, 6.07) is 21.8. The first kappa shape index (κ1) is 16.5. The normalized spacial score (nSPS) is 11.0. The van der Waals surface area contributed by atoms with Crippen molar-refractivity contribution in [1.82, 2.24) is 9.55 Å². The number of carbonyl (C=O) groups is 1. The molecule has 2 aromatic heterocycles. The molecule has 0 aliphatic rings. The highest BCUT2D eigenvalue weighted by atomic mass is 32.1. The third-order valence-corrected chi connectivity index (χ3v) is 5.33. The van der Waals surface area contributed by atoms with Crippen molar-refractivity contribution >= 4 is 34.0 Å². The minimum atomic E-state index is 0.0341. The zero-order valence-electron chi connectivity index (χ0n) is 14.5. The number of fused-ring (bicyclic) bond motifs is 1. The number of benzene rings is 2. The molecule has 0 atom stereocenters. The number of nitrogens with zero attached hydrogens (tertiary/aromatic N) is 3. The molecule has 4 aromatic rings. The molecule has 2 heterocycles. The average molecular weight is 361 g/mol. The third-order valence-electron chi connectivity index (χ3n) is 4.46. The van der Waals surface area contributed by atoms with Gasteiger partial charge in [-0.05, 0) is 35.7 Å². The quantitative estimate of drug-likeness (QED) is 0.530. The average Bonchev–Trinajstić information content (AvgIpc) is 3.30. The highest BCUT2D eigenvalue weighted by Crippen LogP contribution is 2.21. The topological polar surface area (TPSA) is 38.1 Å². The van der Waals surface area contributed by atoms with Crippen LogP contribution in [0.15, 0.2) is 72.1 Å². The van der Waals surface area contributed by atoms with Gasteiger partial charge in [-0.2, -0.15) is 0 Å². The van der Waals surface area contributed by atoms with Gasteiger partial charge in [0.15, 0.2) is 0 Å². The molecule has 1 amide bonds. The lowest BCUT2D eigenvalue weighted by Crippen LogP contribution is -2.30. The Morgan fingerprint density at radius 1 is 1.04 bits per heavy atom. The zero-order chi connectivity index (χ0) is 17.9. The largest absolute Gasteiger partial charge is 0.318 e. The van der Waals surface area contributed by atoms with Crippen LogP contribution in [0.1, 0.15) is 10.7 Å². The maximum absolute atomic E-state index is 12.9. The second kappa shape index (κ2) is 7.14. The Morgan fingerprint density at radius 2 is 1.81 bits per heavy atom. The van der Waals surface area contributed by atoms with Crippen LogP contribution in [0.2, 0.25) is 0 Å². The van der Waals surface area contributed by atoms with Gasteiger partial charge < -0.3 is 9.47 Å². The summed E-state index contributed by atoms with van der Waals surface area (Å²) in [5, 5.41) is 2.07. The molecule has 0 radical (unpaired) electrons. The van der Waals surface area contributed by atoms with Gasteiger partial charge >= 0.3 is 0 Å². The van der Waals surface area contributed by atoms with Crippen molar-refractivity contribution in [3.63, 3.8) is 0 Å². The first-order valence-electron chi connectivity index (χ1n) is 8.50. The molecule has 0 aliphatic heterocycles. The molecular formula is C21H19N3OS. The van der Waals surface area contributed by atoms with Gasteiger partial charge in [0.25, 0.3) is 0 Å². The van der Waals surface area contributed by atoms with Gasteiger partial charge in [-0.3, -0.25) is 4.79 Å². The Labute approximate surface area is 156 Å². The van der Waals surface area contributed by atoms with E-state index in [9.17, 15) is 4.79 Å². The Hall–Kier alpha value is -2.92. The highest BCUT2D eigenvalue weighted by Gasteiger charge is 2.17. The van der Waals surface area contributed by atoms with Crippen LogP contribution in [0.25, 0.3) is 11.0 Å². The van der Waals surface area contributed by atoms with E-state index in [0.717, 1.165) is 29.0 Å². The Kier molecular flexibility index (Phi) is 4.54. The van der Waals surface area contributed by atoms with E-state index in [4.69, 9.17) is 4.98 Å². The minimum absolute atomic E-state index is 0.0341. The number of para-hydroxylation sites is 3. The number of hydrogen-bond donors (Lipinski definition) is 0. The van der Waals surface area contributed by atoms with Crippen LogP contribution >= 0.6 is 11.3 Å². The van der Waals surface area contributed by atoms with Gasteiger partial charge in [0, 0.05) is 24.0 Å². The summed E-state index contributed by atoms with van der Waals surface area (Å²) < 4.78 is 2.04. The lowest BCUT2D eigenvalue weighted by Gasteiger charge is -2.18. The van der Waals surface area contributed by atoms with E-state index in [2.05, 4.69) is 11.4 Å². The summed E-state index contributed by atoms with van der Waals surface area (Å²) in [5.41, 5.74) is 2.81. The van der Waals surface area contributed by atoms with E-state index in [-0.39, 0.29) is 12.5 Å². The van der Waals surface area contributed by atoms with Crippen molar-refractivity contribution < 1.29 is 4.79 Å². The molecule has 0 saturated carbocycles. The van der Waals surface area contributed by atoms with Gasteiger partial charge in [-0.15, -0.1) is 11.3 Å². The molecule has 0 unspecified atom stereocenters. The van der Waals surface area contributed by atoms with Crippen LogP contribution in [0.4, 0.5) is 5.69 Å². The fourth-order valence-electron chi connectivity index (χ4n) is 3.04. The van der Waals surface area contributed by atoms with Gasteiger partial charge in [0.1, 0.15) is 12.4 Å². The molecule has 5 heteroatoms. The summed E-state index contributed by atoms with van der Waals surface area (Å²) in [4.78, 5) is 20.6. The molecule has 2 aromatic carbocycles. The molecule has 26 heavy (non-hydrogen) atoms. The summed E-state index contributed by atoms with van der Waals surface area (Å²) in [7, 11) is 1.82. The molecule has 0 N–H and O–H groups in total. The highest BCUT2D eigenvalue weighted by molar-refractivity contribution is 7.09. The van der Waals surface area contributed by atoms with Crippen molar-refractivity contribution in [2.45, 2.75) is 13.0 Å². The molecule has 0 fully saturated rings. The maximum atomic E-state index is 12.9. The number of aromatic nitrogens is 2. The fraction of sp³-hybridized carbons (Fsp3) is 0.143. The third kappa shape index (κ3) is 3.26. The number of carbonyl (C=O) groups excluding carboxylic acids is 1. The molecule has 130 valence electrons. The number of likely N-dealkylation sites (N-methyl/N-ethyl adjacent to an activating group) is 1. The standard InChI is InChI=1S/C21H19N3OS/c1-23(16-8-3-2-4-9-16)21(25)15-24-19-12-6-5-11-18(19)22-20(24)14-17-10-7-13-26-17/h2-13H,14-15H2,1H3. The zero-order valence-corrected chi connectivity index (χ0v) is 15.3.